The zero-order valence-corrected chi connectivity index (χ0v) is 17.0. The minimum Gasteiger partial charge on any atom is -0.481 e. The van der Waals surface area contributed by atoms with Crippen LogP contribution < -0.4 is 4.90 Å². The first kappa shape index (κ1) is 22.2. The van der Waals surface area contributed by atoms with Gasteiger partial charge in [0, 0.05) is 51.5 Å². The largest absolute Gasteiger partial charge is 0.481 e. The van der Waals surface area contributed by atoms with Crippen molar-refractivity contribution in [2.24, 2.45) is 5.92 Å². The summed E-state index contributed by atoms with van der Waals surface area (Å²) in [6.45, 7) is 5.97. The molecule has 0 aromatic heterocycles. The van der Waals surface area contributed by atoms with E-state index in [1.54, 1.807) is 0 Å². The van der Waals surface area contributed by atoms with Crippen molar-refractivity contribution in [1.29, 1.82) is 0 Å². The Morgan fingerprint density at radius 1 is 1.20 bits per heavy atom. The van der Waals surface area contributed by atoms with Crippen molar-refractivity contribution in [3.8, 4) is 0 Å². The highest BCUT2D eigenvalue weighted by Gasteiger charge is 2.40. The third kappa shape index (κ3) is 5.16. The number of hydrogen-bond acceptors (Lipinski definition) is 5. The van der Waals surface area contributed by atoms with E-state index in [1.807, 2.05) is 30.0 Å². The van der Waals surface area contributed by atoms with Crippen molar-refractivity contribution >= 4 is 17.7 Å². The molecule has 0 aliphatic carbocycles. The van der Waals surface area contributed by atoms with E-state index in [0.29, 0.717) is 32.7 Å². The average molecular weight is 429 g/mol. The molecular formula is C20H26F3N3O4. The highest BCUT2D eigenvalue weighted by molar-refractivity contribution is 5.75. The Kier molecular flexibility index (Phi) is 6.44. The molecule has 2 aliphatic heterocycles. The molecule has 7 nitrogen and oxygen atoms in total. The third-order valence-electron chi connectivity index (χ3n) is 5.58. The molecule has 1 amide bonds. The van der Waals surface area contributed by atoms with Crippen molar-refractivity contribution in [2.75, 3.05) is 44.2 Å². The van der Waals surface area contributed by atoms with Gasteiger partial charge in [0.15, 0.2) is 6.10 Å². The summed E-state index contributed by atoms with van der Waals surface area (Å²) >= 11 is 0. The van der Waals surface area contributed by atoms with Crippen molar-refractivity contribution in [3.05, 3.63) is 29.3 Å². The van der Waals surface area contributed by atoms with Crippen LogP contribution >= 0.6 is 0 Å². The predicted molar refractivity (Wildman–Crippen MR) is 103 cm³/mol. The first-order valence-electron chi connectivity index (χ1n) is 9.86. The summed E-state index contributed by atoms with van der Waals surface area (Å²) < 4.78 is 42.2. The fourth-order valence-corrected chi connectivity index (χ4v) is 3.56. The van der Waals surface area contributed by atoms with E-state index >= 15 is 0 Å². The van der Waals surface area contributed by atoms with Crippen LogP contribution in [0.1, 0.15) is 18.1 Å². The molecule has 3 rings (SSSR count). The lowest BCUT2D eigenvalue weighted by atomic mass is 9.97. The van der Waals surface area contributed by atoms with Crippen LogP contribution in [0.4, 0.5) is 23.7 Å². The summed E-state index contributed by atoms with van der Waals surface area (Å²) in [6.07, 6.45) is -7.66. The first-order valence-corrected chi connectivity index (χ1v) is 9.86. The summed E-state index contributed by atoms with van der Waals surface area (Å²) in [5.74, 6) is -1.14. The third-order valence-corrected chi connectivity index (χ3v) is 5.58. The number of rotatable bonds is 5. The summed E-state index contributed by atoms with van der Waals surface area (Å²) in [4.78, 5) is 28.5. The molecule has 2 heterocycles. The van der Waals surface area contributed by atoms with E-state index in [-0.39, 0.29) is 19.0 Å². The highest BCUT2D eigenvalue weighted by Crippen LogP contribution is 2.30. The lowest BCUT2D eigenvalue weighted by Crippen LogP contribution is -2.51. The molecule has 2 saturated heterocycles. The van der Waals surface area contributed by atoms with Gasteiger partial charge in [-0.1, -0.05) is 12.1 Å². The normalized spacial score (nSPS) is 19.4. The van der Waals surface area contributed by atoms with E-state index in [4.69, 9.17) is 5.11 Å². The number of aliphatic carboxylic acids is 1. The maximum Gasteiger partial charge on any atom is 0.425 e. The number of piperazine rings is 1. The number of ether oxygens (including phenoxy) is 1. The Balaban J connectivity index is 1.55. The topological polar surface area (TPSA) is 73.3 Å². The number of carboxylic acids is 1. The van der Waals surface area contributed by atoms with Gasteiger partial charge >= 0.3 is 18.2 Å². The Morgan fingerprint density at radius 3 is 2.40 bits per heavy atom. The number of benzene rings is 1. The van der Waals surface area contributed by atoms with Gasteiger partial charge in [-0.05, 0) is 31.0 Å². The molecule has 0 spiro atoms. The van der Waals surface area contributed by atoms with E-state index in [2.05, 4.69) is 9.64 Å². The number of amides is 1. The molecular weight excluding hydrogens is 403 g/mol. The van der Waals surface area contributed by atoms with Crippen molar-refractivity contribution in [1.82, 2.24) is 9.80 Å². The van der Waals surface area contributed by atoms with E-state index < -0.39 is 24.3 Å². The van der Waals surface area contributed by atoms with E-state index in [9.17, 15) is 22.8 Å². The minimum atomic E-state index is -4.57. The second-order valence-electron chi connectivity index (χ2n) is 7.90. The molecule has 0 bridgehead atoms. The van der Waals surface area contributed by atoms with Crippen LogP contribution in [-0.4, -0.2) is 78.5 Å². The highest BCUT2D eigenvalue weighted by atomic mass is 19.4. The number of carbonyl (C=O) groups excluding carboxylic acids is 1. The predicted octanol–water partition coefficient (Wildman–Crippen LogP) is 2.72. The van der Waals surface area contributed by atoms with Crippen molar-refractivity contribution in [2.45, 2.75) is 32.7 Å². The first-order chi connectivity index (χ1) is 14.0. The molecule has 1 N–H and O–H groups in total. The van der Waals surface area contributed by atoms with Crippen LogP contribution in [-0.2, 0) is 16.1 Å². The summed E-state index contributed by atoms with van der Waals surface area (Å²) in [5, 5.41) is 9.11. The zero-order valence-electron chi connectivity index (χ0n) is 17.0. The van der Waals surface area contributed by atoms with Crippen molar-refractivity contribution < 1.29 is 32.6 Å². The van der Waals surface area contributed by atoms with Gasteiger partial charge in [-0.25, -0.2) is 4.79 Å². The Hall–Kier alpha value is -2.49. The van der Waals surface area contributed by atoms with Gasteiger partial charge in [-0.3, -0.25) is 9.69 Å². The standard InChI is InChI=1S/C20H26F3N3O4/c1-13-3-4-15(17(9-13)26-11-16(12-26)18(27)28)10-24-5-7-25(8-6-24)19(29)30-14(2)20(21,22)23/h3-4,9,14,16H,5-8,10-12H2,1-2H3,(H,27,28). The molecule has 30 heavy (non-hydrogen) atoms. The lowest BCUT2D eigenvalue weighted by molar-refractivity contribution is -0.200. The SMILES string of the molecule is Cc1ccc(CN2CCN(C(=O)OC(C)C(F)(F)F)CC2)c(N2CC(C(=O)O)C2)c1. The molecule has 0 radical (unpaired) electrons. The average Bonchev–Trinajstić information content (AvgIpc) is 2.62. The van der Waals surface area contributed by atoms with Crippen LogP contribution in [0.15, 0.2) is 18.2 Å². The summed E-state index contributed by atoms with van der Waals surface area (Å²) in [7, 11) is 0. The molecule has 1 atom stereocenters. The molecule has 10 heteroatoms. The molecule has 166 valence electrons. The van der Waals surface area contributed by atoms with Gasteiger partial charge in [-0.15, -0.1) is 0 Å². The number of hydrogen-bond donors (Lipinski definition) is 1. The maximum atomic E-state index is 12.6. The Labute approximate surface area is 173 Å². The zero-order chi connectivity index (χ0) is 22.1. The van der Waals surface area contributed by atoms with Crippen LogP contribution in [0.25, 0.3) is 0 Å². The fourth-order valence-electron chi connectivity index (χ4n) is 3.56. The second-order valence-corrected chi connectivity index (χ2v) is 7.90. The number of carbonyl (C=O) groups is 2. The number of anilines is 1. The van der Waals surface area contributed by atoms with Crippen LogP contribution in [0, 0.1) is 12.8 Å². The van der Waals surface area contributed by atoms with Gasteiger partial charge < -0.3 is 19.6 Å². The van der Waals surface area contributed by atoms with Crippen LogP contribution in [0.2, 0.25) is 0 Å². The molecule has 1 aromatic rings. The lowest BCUT2D eigenvalue weighted by Gasteiger charge is -2.41. The molecule has 0 saturated carbocycles. The van der Waals surface area contributed by atoms with Gasteiger partial charge in [-0.2, -0.15) is 13.2 Å². The quantitative estimate of drug-likeness (QED) is 0.776. The van der Waals surface area contributed by atoms with Gasteiger partial charge in [0.2, 0.25) is 0 Å². The number of halogens is 3. The number of carboxylic acid groups (broad SMARTS) is 1. The van der Waals surface area contributed by atoms with Gasteiger partial charge in [0.1, 0.15) is 0 Å². The molecule has 2 aliphatic rings. The fraction of sp³-hybridized carbons (Fsp3) is 0.600. The number of alkyl halides is 3. The molecule has 1 aromatic carbocycles. The summed E-state index contributed by atoms with van der Waals surface area (Å²) in [5.41, 5.74) is 3.15. The number of nitrogens with zero attached hydrogens (tertiary/aromatic N) is 3. The maximum absolute atomic E-state index is 12.6. The van der Waals surface area contributed by atoms with E-state index in [1.165, 1.54) is 4.90 Å². The number of aryl methyl sites for hydroxylation is 1. The van der Waals surface area contributed by atoms with Crippen molar-refractivity contribution in [3.63, 3.8) is 0 Å². The molecule has 1 unspecified atom stereocenters. The van der Waals surface area contributed by atoms with Crippen LogP contribution in [0.3, 0.4) is 0 Å². The molecule has 2 fully saturated rings. The Bertz CT molecular complexity index is 788. The monoisotopic (exact) mass is 429 g/mol. The van der Waals surface area contributed by atoms with E-state index in [0.717, 1.165) is 23.7 Å². The minimum absolute atomic E-state index is 0.287. The van der Waals surface area contributed by atoms with Gasteiger partial charge in [0.05, 0.1) is 5.92 Å². The summed E-state index contributed by atoms with van der Waals surface area (Å²) in [6, 6.07) is 6.06. The smallest absolute Gasteiger partial charge is 0.425 e. The van der Waals surface area contributed by atoms with Crippen LogP contribution in [0.5, 0.6) is 0 Å². The Morgan fingerprint density at radius 2 is 1.83 bits per heavy atom. The van der Waals surface area contributed by atoms with Gasteiger partial charge in [0.25, 0.3) is 0 Å². The second kappa shape index (κ2) is 8.71.